The molecule has 0 unspecified atom stereocenters. The van der Waals surface area contributed by atoms with Gasteiger partial charge in [-0.3, -0.25) is 29.5 Å². The van der Waals surface area contributed by atoms with Crippen molar-refractivity contribution in [2.75, 3.05) is 50.7 Å². The highest BCUT2D eigenvalue weighted by atomic mass is 16.6. The fourth-order valence-corrected chi connectivity index (χ4v) is 3.69. The van der Waals surface area contributed by atoms with Gasteiger partial charge >= 0.3 is 0 Å². The lowest BCUT2D eigenvalue weighted by molar-refractivity contribution is -0.384. The first-order chi connectivity index (χ1) is 13.3. The van der Waals surface area contributed by atoms with Gasteiger partial charge in [-0.15, -0.1) is 0 Å². The van der Waals surface area contributed by atoms with Crippen LogP contribution in [0.1, 0.15) is 19.4 Å². The maximum Gasteiger partial charge on any atom is 0.271 e. The number of rotatable bonds is 6. The van der Waals surface area contributed by atoms with Crippen molar-refractivity contribution in [3.63, 3.8) is 0 Å². The Balaban J connectivity index is 1.52. The van der Waals surface area contributed by atoms with E-state index in [1.807, 2.05) is 13.8 Å². The van der Waals surface area contributed by atoms with Gasteiger partial charge in [0.1, 0.15) is 0 Å². The van der Waals surface area contributed by atoms with E-state index < -0.39 is 4.92 Å². The number of hydrogen-bond acceptors (Lipinski definition) is 6. The minimum Gasteiger partial charge on any atom is -0.353 e. The van der Waals surface area contributed by atoms with Crippen molar-refractivity contribution in [1.82, 2.24) is 15.1 Å². The summed E-state index contributed by atoms with van der Waals surface area (Å²) in [5.74, 6) is -0.0138. The molecule has 9 heteroatoms. The number of carbonyl (C=O) groups excluding carboxylic acids is 2. The van der Waals surface area contributed by atoms with Crippen LogP contribution < -0.4 is 10.2 Å². The van der Waals surface area contributed by atoms with Gasteiger partial charge in [-0.1, -0.05) is 6.07 Å². The number of piperazine rings is 1. The maximum atomic E-state index is 12.8. The molecule has 2 heterocycles. The number of nitro groups is 1. The molecule has 0 spiro atoms. The summed E-state index contributed by atoms with van der Waals surface area (Å²) >= 11 is 0. The predicted octanol–water partition coefficient (Wildman–Crippen LogP) is 0.626. The van der Waals surface area contributed by atoms with Crippen molar-refractivity contribution >= 4 is 23.2 Å². The fraction of sp³-hybridized carbons (Fsp3) is 0.579. The molecule has 2 aliphatic heterocycles. The van der Waals surface area contributed by atoms with E-state index in [1.165, 1.54) is 12.1 Å². The van der Waals surface area contributed by atoms with Crippen LogP contribution in [0.15, 0.2) is 18.2 Å². The molecule has 0 bridgehead atoms. The number of nitrogens with zero attached hydrogens (tertiary/aromatic N) is 4. The Kier molecular flexibility index (Phi) is 6.25. The van der Waals surface area contributed by atoms with Crippen LogP contribution in [-0.2, 0) is 16.0 Å². The molecule has 0 aromatic heterocycles. The topological polar surface area (TPSA) is 99.0 Å². The van der Waals surface area contributed by atoms with Gasteiger partial charge in [-0.2, -0.15) is 0 Å². The fourth-order valence-electron chi connectivity index (χ4n) is 3.69. The van der Waals surface area contributed by atoms with E-state index in [0.29, 0.717) is 18.8 Å². The lowest BCUT2D eigenvalue weighted by Crippen LogP contribution is -2.52. The van der Waals surface area contributed by atoms with Gasteiger partial charge < -0.3 is 10.2 Å². The molecule has 1 aromatic rings. The summed E-state index contributed by atoms with van der Waals surface area (Å²) in [7, 11) is 0. The minimum absolute atomic E-state index is 0.00624. The Morgan fingerprint density at radius 1 is 1.11 bits per heavy atom. The molecule has 9 nitrogen and oxygen atoms in total. The molecule has 152 valence electrons. The number of fused-ring (bicyclic) bond motifs is 1. The van der Waals surface area contributed by atoms with Gasteiger partial charge in [0.25, 0.3) is 5.69 Å². The van der Waals surface area contributed by atoms with E-state index in [0.717, 1.165) is 38.2 Å². The van der Waals surface area contributed by atoms with Crippen LogP contribution in [0.5, 0.6) is 0 Å². The van der Waals surface area contributed by atoms with Crippen molar-refractivity contribution in [1.29, 1.82) is 0 Å². The molecule has 28 heavy (non-hydrogen) atoms. The standard InChI is InChI=1S/C19H27N5O4/c1-14(2)20-18(25)12-21-7-9-22(10-8-21)13-19(26)23-6-5-15-3-4-16(24(27)28)11-17(15)23/h3-4,11,14H,5-10,12-13H2,1-2H3,(H,20,25). The van der Waals surface area contributed by atoms with Crippen molar-refractivity contribution < 1.29 is 14.5 Å². The van der Waals surface area contributed by atoms with Crippen LogP contribution in [-0.4, -0.2) is 78.4 Å². The molecule has 2 aliphatic rings. The average molecular weight is 389 g/mol. The SMILES string of the molecule is CC(C)NC(=O)CN1CCN(CC(=O)N2CCc3ccc([N+](=O)[O-])cc32)CC1. The van der Waals surface area contributed by atoms with E-state index in [9.17, 15) is 19.7 Å². The zero-order chi connectivity index (χ0) is 20.3. The van der Waals surface area contributed by atoms with Crippen LogP contribution in [0, 0.1) is 10.1 Å². The van der Waals surface area contributed by atoms with Crippen LogP contribution >= 0.6 is 0 Å². The van der Waals surface area contributed by atoms with E-state index in [1.54, 1.807) is 11.0 Å². The Bertz CT molecular complexity index is 759. The number of hydrogen-bond donors (Lipinski definition) is 1. The van der Waals surface area contributed by atoms with Gasteiger partial charge in [0.2, 0.25) is 11.8 Å². The molecule has 2 amide bonds. The summed E-state index contributed by atoms with van der Waals surface area (Å²) < 4.78 is 0. The zero-order valence-electron chi connectivity index (χ0n) is 16.4. The van der Waals surface area contributed by atoms with Gasteiger partial charge in [-0.25, -0.2) is 0 Å². The van der Waals surface area contributed by atoms with E-state index in [-0.39, 0.29) is 30.1 Å². The van der Waals surface area contributed by atoms with E-state index in [2.05, 4.69) is 15.1 Å². The molecule has 0 atom stereocenters. The van der Waals surface area contributed by atoms with Crippen molar-refractivity contribution in [3.05, 3.63) is 33.9 Å². The maximum absolute atomic E-state index is 12.8. The molecule has 1 saturated heterocycles. The quantitative estimate of drug-likeness (QED) is 0.566. The van der Waals surface area contributed by atoms with Gasteiger partial charge in [0.05, 0.1) is 23.7 Å². The van der Waals surface area contributed by atoms with Gasteiger partial charge in [0, 0.05) is 50.9 Å². The summed E-state index contributed by atoms with van der Waals surface area (Å²) in [6.07, 6.45) is 0.720. The summed E-state index contributed by atoms with van der Waals surface area (Å²) in [4.78, 5) is 41.1. The van der Waals surface area contributed by atoms with E-state index >= 15 is 0 Å². The first-order valence-electron chi connectivity index (χ1n) is 9.65. The number of nitrogens with one attached hydrogen (secondary N) is 1. The molecule has 0 saturated carbocycles. The number of benzene rings is 1. The second-order valence-electron chi connectivity index (χ2n) is 7.64. The summed E-state index contributed by atoms with van der Waals surface area (Å²) in [5, 5.41) is 13.9. The van der Waals surface area contributed by atoms with Crippen LogP contribution in [0.3, 0.4) is 0 Å². The van der Waals surface area contributed by atoms with Gasteiger partial charge in [0.15, 0.2) is 0 Å². The average Bonchev–Trinajstić information content (AvgIpc) is 3.05. The summed E-state index contributed by atoms with van der Waals surface area (Å²) in [5.41, 5.74) is 1.63. The molecule has 0 radical (unpaired) electrons. The first-order valence-corrected chi connectivity index (χ1v) is 9.65. The van der Waals surface area contributed by atoms with Crippen LogP contribution in [0.25, 0.3) is 0 Å². The predicted molar refractivity (Wildman–Crippen MR) is 105 cm³/mol. The lowest BCUT2D eigenvalue weighted by Gasteiger charge is -2.34. The Morgan fingerprint density at radius 3 is 2.36 bits per heavy atom. The third kappa shape index (κ3) is 4.85. The lowest BCUT2D eigenvalue weighted by atomic mass is 10.1. The Morgan fingerprint density at radius 2 is 1.75 bits per heavy atom. The molecule has 1 aromatic carbocycles. The smallest absolute Gasteiger partial charge is 0.271 e. The molecule has 1 N–H and O–H groups in total. The largest absolute Gasteiger partial charge is 0.353 e. The molecule has 1 fully saturated rings. The molecular weight excluding hydrogens is 362 g/mol. The molecule has 3 rings (SSSR count). The highest BCUT2D eigenvalue weighted by Crippen LogP contribution is 2.31. The highest BCUT2D eigenvalue weighted by molar-refractivity contribution is 5.97. The number of nitro benzene ring substituents is 1. The van der Waals surface area contributed by atoms with Crippen molar-refractivity contribution in [3.8, 4) is 0 Å². The summed E-state index contributed by atoms with van der Waals surface area (Å²) in [6, 6.07) is 4.85. The normalized spacial score (nSPS) is 17.6. The zero-order valence-corrected chi connectivity index (χ0v) is 16.4. The Labute approximate surface area is 164 Å². The number of anilines is 1. The highest BCUT2D eigenvalue weighted by Gasteiger charge is 2.29. The van der Waals surface area contributed by atoms with Crippen LogP contribution in [0.2, 0.25) is 0 Å². The van der Waals surface area contributed by atoms with E-state index in [4.69, 9.17) is 0 Å². The van der Waals surface area contributed by atoms with Crippen molar-refractivity contribution in [2.24, 2.45) is 0 Å². The second-order valence-corrected chi connectivity index (χ2v) is 7.64. The number of amides is 2. The first kappa shape index (κ1) is 20.2. The monoisotopic (exact) mass is 389 g/mol. The number of carbonyl (C=O) groups is 2. The second kappa shape index (κ2) is 8.66. The number of non-ortho nitro benzene ring substituents is 1. The van der Waals surface area contributed by atoms with Crippen LogP contribution in [0.4, 0.5) is 11.4 Å². The van der Waals surface area contributed by atoms with Gasteiger partial charge in [-0.05, 0) is 25.8 Å². The molecular formula is C19H27N5O4. The minimum atomic E-state index is -0.435. The third-order valence-corrected chi connectivity index (χ3v) is 5.12. The van der Waals surface area contributed by atoms with Crippen molar-refractivity contribution in [2.45, 2.75) is 26.3 Å². The Hall–Kier alpha value is -2.52. The third-order valence-electron chi connectivity index (χ3n) is 5.12. The molecule has 0 aliphatic carbocycles. The summed E-state index contributed by atoms with van der Waals surface area (Å²) in [6.45, 7) is 8.01.